The molecule has 0 aliphatic rings. The smallest absolute Gasteiger partial charge is 0.401 e. The molecular formula is C8H6F5NO2. The van der Waals surface area contributed by atoms with Crippen LogP contribution in [0.3, 0.4) is 0 Å². The number of pyridine rings is 1. The summed E-state index contributed by atoms with van der Waals surface area (Å²) in [6.07, 6.45) is -4.65. The maximum Gasteiger partial charge on any atom is 0.573 e. The van der Waals surface area contributed by atoms with Gasteiger partial charge in [-0.15, -0.1) is 13.2 Å². The Morgan fingerprint density at radius 1 is 1.38 bits per heavy atom. The van der Waals surface area contributed by atoms with E-state index in [0.717, 1.165) is 0 Å². The predicted molar refractivity (Wildman–Crippen MR) is 41.6 cm³/mol. The summed E-state index contributed by atoms with van der Waals surface area (Å²) in [5, 5.41) is 8.64. The van der Waals surface area contributed by atoms with Gasteiger partial charge in [-0.3, -0.25) is 4.98 Å². The molecule has 1 N–H and O–H groups in total. The van der Waals surface area contributed by atoms with E-state index in [-0.39, 0.29) is 5.69 Å². The number of aromatic nitrogens is 1. The number of ether oxygens (including phenoxy) is 1. The van der Waals surface area contributed by atoms with Crippen molar-refractivity contribution in [3.05, 3.63) is 23.3 Å². The lowest BCUT2D eigenvalue weighted by Gasteiger charge is -2.12. The molecule has 0 bridgehead atoms. The van der Waals surface area contributed by atoms with Crippen molar-refractivity contribution in [3.63, 3.8) is 0 Å². The van der Waals surface area contributed by atoms with Crippen molar-refractivity contribution >= 4 is 0 Å². The lowest BCUT2D eigenvalue weighted by molar-refractivity contribution is -0.275. The average Bonchev–Trinajstić information content (AvgIpc) is 2.19. The Morgan fingerprint density at radius 3 is 2.44 bits per heavy atom. The lowest BCUT2D eigenvalue weighted by Crippen LogP contribution is -2.19. The van der Waals surface area contributed by atoms with Crippen LogP contribution in [-0.4, -0.2) is 16.5 Å². The first-order chi connectivity index (χ1) is 7.39. The zero-order valence-electron chi connectivity index (χ0n) is 7.68. The number of rotatable bonds is 3. The zero-order valence-corrected chi connectivity index (χ0v) is 7.68. The first-order valence-electron chi connectivity index (χ1n) is 3.98. The molecule has 90 valence electrons. The molecule has 8 heteroatoms. The molecule has 1 heterocycles. The molecule has 0 aliphatic carbocycles. The van der Waals surface area contributed by atoms with Crippen LogP contribution in [0.2, 0.25) is 0 Å². The number of nitrogens with zero attached hydrogens (tertiary/aromatic N) is 1. The topological polar surface area (TPSA) is 42.4 Å². The highest BCUT2D eigenvalue weighted by Crippen LogP contribution is 2.28. The van der Waals surface area contributed by atoms with Crippen LogP contribution in [-0.2, 0) is 13.3 Å². The van der Waals surface area contributed by atoms with Crippen molar-refractivity contribution in [2.75, 3.05) is 0 Å². The molecule has 1 aromatic heterocycles. The van der Waals surface area contributed by atoms with Crippen molar-refractivity contribution in [3.8, 4) is 5.75 Å². The van der Waals surface area contributed by atoms with Crippen molar-refractivity contribution in [2.45, 2.75) is 19.6 Å². The first-order valence-corrected chi connectivity index (χ1v) is 3.98. The molecule has 16 heavy (non-hydrogen) atoms. The molecule has 0 atom stereocenters. The Bertz CT molecular complexity index is 379. The third kappa shape index (κ3) is 2.78. The van der Waals surface area contributed by atoms with E-state index in [1.54, 1.807) is 0 Å². The maximum absolute atomic E-state index is 13.2. The van der Waals surface area contributed by atoms with Crippen LogP contribution in [0.5, 0.6) is 5.75 Å². The van der Waals surface area contributed by atoms with E-state index in [0.29, 0.717) is 6.20 Å². The number of aliphatic hydroxyl groups is 1. The van der Waals surface area contributed by atoms with Gasteiger partial charge in [0.2, 0.25) is 0 Å². The predicted octanol–water partition coefficient (Wildman–Crippen LogP) is 2.08. The van der Waals surface area contributed by atoms with Gasteiger partial charge < -0.3 is 9.84 Å². The minimum absolute atomic E-state index is 0.366. The van der Waals surface area contributed by atoms with Crippen LogP contribution in [0.25, 0.3) is 0 Å². The van der Waals surface area contributed by atoms with Crippen LogP contribution < -0.4 is 4.74 Å². The summed E-state index contributed by atoms with van der Waals surface area (Å²) in [4.78, 5) is 3.26. The van der Waals surface area contributed by atoms with E-state index >= 15 is 0 Å². The van der Waals surface area contributed by atoms with Gasteiger partial charge in [0.15, 0.2) is 11.6 Å². The number of aliphatic hydroxyl groups excluding tert-OH is 1. The van der Waals surface area contributed by atoms with Crippen molar-refractivity contribution in [1.29, 1.82) is 0 Å². The Kier molecular flexibility index (Phi) is 3.63. The summed E-state index contributed by atoms with van der Waals surface area (Å²) in [5.41, 5.74) is -1.11. The molecule has 0 saturated carbocycles. The Hall–Kier alpha value is -1.44. The fourth-order valence-electron chi connectivity index (χ4n) is 1.01. The third-order valence-electron chi connectivity index (χ3n) is 1.68. The molecule has 0 aliphatic heterocycles. The van der Waals surface area contributed by atoms with Gasteiger partial charge in [0.1, 0.15) is 6.67 Å². The fraction of sp³-hybridized carbons (Fsp3) is 0.375. The van der Waals surface area contributed by atoms with Gasteiger partial charge in [-0.2, -0.15) is 0 Å². The largest absolute Gasteiger partial charge is 0.573 e. The number of hydrogen-bond donors (Lipinski definition) is 1. The molecule has 0 unspecified atom stereocenters. The maximum atomic E-state index is 13.2. The van der Waals surface area contributed by atoms with Crippen molar-refractivity contribution in [2.24, 2.45) is 0 Å². The van der Waals surface area contributed by atoms with Gasteiger partial charge >= 0.3 is 6.36 Å². The summed E-state index contributed by atoms with van der Waals surface area (Å²) in [7, 11) is 0. The summed E-state index contributed by atoms with van der Waals surface area (Å²) < 4.78 is 64.2. The van der Waals surface area contributed by atoms with Crippen molar-refractivity contribution < 1.29 is 31.8 Å². The summed E-state index contributed by atoms with van der Waals surface area (Å²) in [6, 6.07) is 0. The molecule has 0 fully saturated rings. The Labute approximate surface area is 86.5 Å². The zero-order chi connectivity index (χ0) is 12.3. The van der Waals surface area contributed by atoms with E-state index in [2.05, 4.69) is 9.72 Å². The molecular weight excluding hydrogens is 237 g/mol. The second kappa shape index (κ2) is 4.60. The monoisotopic (exact) mass is 243 g/mol. The minimum atomic E-state index is -5.09. The molecule has 1 aromatic rings. The molecule has 0 amide bonds. The quantitative estimate of drug-likeness (QED) is 0.826. The van der Waals surface area contributed by atoms with Gasteiger partial charge in [0, 0.05) is 5.56 Å². The van der Waals surface area contributed by atoms with Crippen LogP contribution in [0, 0.1) is 5.82 Å². The van der Waals surface area contributed by atoms with Crippen LogP contribution >= 0.6 is 0 Å². The van der Waals surface area contributed by atoms with Gasteiger partial charge in [-0.1, -0.05) is 0 Å². The highest BCUT2D eigenvalue weighted by molar-refractivity contribution is 5.31. The normalized spacial score (nSPS) is 11.6. The molecule has 0 saturated heterocycles. The summed E-state index contributed by atoms with van der Waals surface area (Å²) in [5.74, 6) is -2.74. The van der Waals surface area contributed by atoms with Gasteiger partial charge in [0.25, 0.3) is 0 Å². The van der Waals surface area contributed by atoms with E-state index in [1.165, 1.54) is 0 Å². The highest BCUT2D eigenvalue weighted by atomic mass is 19.4. The number of halogens is 5. The van der Waals surface area contributed by atoms with Gasteiger partial charge in [-0.05, 0) is 0 Å². The molecule has 0 radical (unpaired) electrons. The average molecular weight is 243 g/mol. The highest BCUT2D eigenvalue weighted by Gasteiger charge is 2.33. The van der Waals surface area contributed by atoms with E-state index in [9.17, 15) is 22.0 Å². The molecule has 0 spiro atoms. The minimum Gasteiger partial charge on any atom is -0.401 e. The molecule has 0 aromatic carbocycles. The van der Waals surface area contributed by atoms with Crippen LogP contribution in [0.4, 0.5) is 22.0 Å². The first kappa shape index (κ1) is 12.6. The lowest BCUT2D eigenvalue weighted by atomic mass is 10.2. The van der Waals surface area contributed by atoms with Crippen LogP contribution in [0.1, 0.15) is 11.3 Å². The number of hydrogen-bond acceptors (Lipinski definition) is 3. The van der Waals surface area contributed by atoms with E-state index < -0.39 is 36.8 Å². The summed E-state index contributed by atoms with van der Waals surface area (Å²) in [6.45, 7) is -2.16. The van der Waals surface area contributed by atoms with Crippen LogP contribution in [0.15, 0.2) is 6.20 Å². The fourth-order valence-corrected chi connectivity index (χ4v) is 1.01. The third-order valence-corrected chi connectivity index (χ3v) is 1.68. The second-order valence-corrected chi connectivity index (χ2v) is 2.70. The summed E-state index contributed by atoms with van der Waals surface area (Å²) >= 11 is 0. The molecule has 3 nitrogen and oxygen atoms in total. The second-order valence-electron chi connectivity index (χ2n) is 2.70. The Balaban J connectivity index is 3.14. The SMILES string of the molecule is OCc1ncc(OC(F)(F)F)c(F)c1CF. The van der Waals surface area contributed by atoms with Gasteiger partial charge in [-0.25, -0.2) is 8.78 Å². The standard InChI is InChI=1S/C8H6F5NO2/c9-1-4-5(3-15)14-2-6(7(4)10)16-8(11,12)13/h2,15H,1,3H2. The van der Waals surface area contributed by atoms with Crippen molar-refractivity contribution in [1.82, 2.24) is 4.98 Å². The molecule has 1 rings (SSSR count). The number of alkyl halides is 4. The Morgan fingerprint density at radius 2 is 2.00 bits per heavy atom. The van der Waals surface area contributed by atoms with Gasteiger partial charge in [0.05, 0.1) is 18.5 Å². The van der Waals surface area contributed by atoms with E-state index in [4.69, 9.17) is 5.11 Å². The van der Waals surface area contributed by atoms with E-state index in [1.807, 2.05) is 0 Å².